The van der Waals surface area contributed by atoms with Crippen LogP contribution in [0.4, 0.5) is 0 Å². The van der Waals surface area contributed by atoms with Gasteiger partial charge in [0, 0.05) is 11.6 Å². The SMILES string of the molecule is CCOC(=O)CC(=O)Cn1ccsc1=O. The smallest absolute Gasteiger partial charge is 0.313 e. The Bertz CT molecular complexity index is 406. The summed E-state index contributed by atoms with van der Waals surface area (Å²) in [4.78, 5) is 33.1. The van der Waals surface area contributed by atoms with E-state index in [-0.39, 0.29) is 30.2 Å². The maximum absolute atomic E-state index is 11.3. The number of nitrogens with zero attached hydrogens (tertiary/aromatic N) is 1. The molecule has 0 radical (unpaired) electrons. The maximum Gasteiger partial charge on any atom is 0.313 e. The molecule has 0 amide bonds. The average molecular weight is 229 g/mol. The second-order valence-electron chi connectivity index (χ2n) is 2.82. The van der Waals surface area contributed by atoms with Gasteiger partial charge in [-0.05, 0) is 6.92 Å². The Balaban J connectivity index is 2.47. The van der Waals surface area contributed by atoms with E-state index in [2.05, 4.69) is 4.74 Å². The summed E-state index contributed by atoms with van der Waals surface area (Å²) in [6.45, 7) is 1.86. The summed E-state index contributed by atoms with van der Waals surface area (Å²) in [5.74, 6) is -0.875. The van der Waals surface area contributed by atoms with Crippen molar-refractivity contribution in [3.8, 4) is 0 Å². The highest BCUT2D eigenvalue weighted by atomic mass is 32.1. The van der Waals surface area contributed by atoms with E-state index in [1.807, 2.05) is 0 Å². The highest BCUT2D eigenvalue weighted by molar-refractivity contribution is 7.07. The molecule has 1 aromatic heterocycles. The molecule has 0 aliphatic carbocycles. The molecule has 0 fully saturated rings. The zero-order valence-electron chi connectivity index (χ0n) is 8.26. The van der Waals surface area contributed by atoms with Crippen molar-refractivity contribution >= 4 is 23.1 Å². The Labute approximate surface area is 90.3 Å². The quantitative estimate of drug-likeness (QED) is 0.542. The third kappa shape index (κ3) is 3.67. The molecule has 0 aromatic carbocycles. The summed E-state index contributed by atoms with van der Waals surface area (Å²) < 4.78 is 5.89. The second kappa shape index (κ2) is 5.45. The van der Waals surface area contributed by atoms with E-state index >= 15 is 0 Å². The highest BCUT2D eigenvalue weighted by Crippen LogP contribution is 1.94. The van der Waals surface area contributed by atoms with Crippen LogP contribution in [0.15, 0.2) is 16.4 Å². The van der Waals surface area contributed by atoms with Gasteiger partial charge in [-0.15, -0.1) is 0 Å². The molecule has 0 aliphatic heterocycles. The largest absolute Gasteiger partial charge is 0.466 e. The molecule has 1 heterocycles. The summed E-state index contributed by atoms with van der Waals surface area (Å²) in [6, 6.07) is 0. The molecule has 5 nitrogen and oxygen atoms in total. The van der Waals surface area contributed by atoms with Gasteiger partial charge in [-0.1, -0.05) is 11.3 Å². The van der Waals surface area contributed by atoms with E-state index < -0.39 is 5.97 Å². The topological polar surface area (TPSA) is 65.4 Å². The summed E-state index contributed by atoms with van der Waals surface area (Å²) >= 11 is 1.01. The van der Waals surface area contributed by atoms with Crippen LogP contribution in [0.1, 0.15) is 13.3 Å². The van der Waals surface area contributed by atoms with Crippen molar-refractivity contribution in [1.82, 2.24) is 4.57 Å². The Morgan fingerprint density at radius 3 is 2.80 bits per heavy atom. The van der Waals surface area contributed by atoms with E-state index in [1.54, 1.807) is 12.3 Å². The highest BCUT2D eigenvalue weighted by Gasteiger charge is 2.11. The molecular formula is C9H11NO4S. The first-order valence-electron chi connectivity index (χ1n) is 4.44. The lowest BCUT2D eigenvalue weighted by Gasteiger charge is -2.01. The molecule has 0 spiro atoms. The van der Waals surface area contributed by atoms with Crippen molar-refractivity contribution in [3.05, 3.63) is 21.2 Å². The van der Waals surface area contributed by atoms with Crippen LogP contribution in [0.3, 0.4) is 0 Å². The Morgan fingerprint density at radius 2 is 2.27 bits per heavy atom. The van der Waals surface area contributed by atoms with Gasteiger partial charge in [-0.3, -0.25) is 19.0 Å². The lowest BCUT2D eigenvalue weighted by atomic mass is 10.3. The van der Waals surface area contributed by atoms with Gasteiger partial charge in [0.05, 0.1) is 13.2 Å². The number of carbonyl (C=O) groups excluding carboxylic acids is 2. The Morgan fingerprint density at radius 1 is 1.53 bits per heavy atom. The van der Waals surface area contributed by atoms with E-state index in [0.29, 0.717) is 0 Å². The molecule has 0 N–H and O–H groups in total. The van der Waals surface area contributed by atoms with Gasteiger partial charge in [0.25, 0.3) is 0 Å². The normalized spacial score (nSPS) is 9.93. The number of rotatable bonds is 5. The standard InChI is InChI=1S/C9H11NO4S/c1-2-14-8(12)5-7(11)6-10-3-4-15-9(10)13/h3-4H,2,5-6H2,1H3. The first kappa shape index (κ1) is 11.6. The molecule has 82 valence electrons. The number of hydrogen-bond donors (Lipinski definition) is 0. The van der Waals surface area contributed by atoms with E-state index in [0.717, 1.165) is 11.3 Å². The van der Waals surface area contributed by atoms with Crippen LogP contribution < -0.4 is 4.87 Å². The first-order valence-corrected chi connectivity index (χ1v) is 5.32. The molecule has 0 aliphatic rings. The van der Waals surface area contributed by atoms with Gasteiger partial charge in [0.2, 0.25) is 0 Å². The molecule has 1 aromatic rings. The number of ether oxygens (including phenoxy) is 1. The fourth-order valence-corrected chi connectivity index (χ4v) is 1.61. The molecule has 1 rings (SSSR count). The number of ketones is 1. The van der Waals surface area contributed by atoms with Crippen molar-refractivity contribution in [3.63, 3.8) is 0 Å². The molecule has 0 saturated carbocycles. The van der Waals surface area contributed by atoms with Gasteiger partial charge in [-0.2, -0.15) is 0 Å². The van der Waals surface area contributed by atoms with E-state index in [4.69, 9.17) is 0 Å². The van der Waals surface area contributed by atoms with Crippen LogP contribution in [0.2, 0.25) is 0 Å². The van der Waals surface area contributed by atoms with Crippen LogP contribution in [0.25, 0.3) is 0 Å². The summed E-state index contributed by atoms with van der Waals surface area (Å²) in [7, 11) is 0. The fraction of sp³-hybridized carbons (Fsp3) is 0.444. The minimum absolute atomic E-state index is 0.0683. The van der Waals surface area contributed by atoms with Gasteiger partial charge in [0.1, 0.15) is 6.42 Å². The van der Waals surface area contributed by atoms with Gasteiger partial charge < -0.3 is 4.74 Å². The third-order valence-electron chi connectivity index (χ3n) is 1.64. The maximum atomic E-state index is 11.3. The fourth-order valence-electron chi connectivity index (χ4n) is 1.03. The predicted molar refractivity (Wildman–Crippen MR) is 54.8 cm³/mol. The number of thiazole rings is 1. The molecule has 0 bridgehead atoms. The molecule has 15 heavy (non-hydrogen) atoms. The Kier molecular flexibility index (Phi) is 4.23. The van der Waals surface area contributed by atoms with Gasteiger partial charge in [-0.25, -0.2) is 0 Å². The van der Waals surface area contributed by atoms with Crippen LogP contribution >= 0.6 is 11.3 Å². The molecule has 6 heteroatoms. The number of aromatic nitrogens is 1. The molecule has 0 saturated heterocycles. The molecular weight excluding hydrogens is 218 g/mol. The first-order chi connectivity index (χ1) is 7.13. The number of hydrogen-bond acceptors (Lipinski definition) is 5. The monoisotopic (exact) mass is 229 g/mol. The lowest BCUT2D eigenvalue weighted by molar-refractivity contribution is -0.145. The van der Waals surface area contributed by atoms with Crippen molar-refractivity contribution in [2.45, 2.75) is 19.9 Å². The minimum Gasteiger partial charge on any atom is -0.466 e. The average Bonchev–Trinajstić information content (AvgIpc) is 2.52. The predicted octanol–water partition coefficient (Wildman–Crippen LogP) is 0.432. The zero-order valence-corrected chi connectivity index (χ0v) is 9.08. The van der Waals surface area contributed by atoms with Crippen molar-refractivity contribution in [2.75, 3.05) is 6.61 Å². The number of Topliss-reactive ketones (excluding diaryl/α,β-unsaturated/α-hetero) is 1. The van der Waals surface area contributed by atoms with E-state index in [1.165, 1.54) is 10.8 Å². The number of carbonyl (C=O) groups is 2. The summed E-state index contributed by atoms with van der Waals surface area (Å²) in [5, 5.41) is 1.60. The van der Waals surface area contributed by atoms with Crippen LogP contribution in [-0.2, 0) is 20.9 Å². The Hall–Kier alpha value is -1.43. The molecule has 0 atom stereocenters. The lowest BCUT2D eigenvalue weighted by Crippen LogP contribution is -2.21. The number of esters is 1. The summed E-state index contributed by atoms with van der Waals surface area (Å²) in [6.07, 6.45) is 1.24. The van der Waals surface area contributed by atoms with Crippen LogP contribution in [0, 0.1) is 0 Å². The third-order valence-corrected chi connectivity index (χ3v) is 2.33. The summed E-state index contributed by atoms with van der Waals surface area (Å²) in [5.41, 5.74) is 0. The second-order valence-corrected chi connectivity index (χ2v) is 3.67. The van der Waals surface area contributed by atoms with Crippen molar-refractivity contribution < 1.29 is 14.3 Å². The minimum atomic E-state index is -0.550. The van der Waals surface area contributed by atoms with E-state index in [9.17, 15) is 14.4 Å². The van der Waals surface area contributed by atoms with Crippen LogP contribution in [-0.4, -0.2) is 22.9 Å². The molecule has 0 unspecified atom stereocenters. The van der Waals surface area contributed by atoms with Gasteiger partial charge in [0.15, 0.2) is 5.78 Å². The van der Waals surface area contributed by atoms with Crippen LogP contribution in [0.5, 0.6) is 0 Å². The van der Waals surface area contributed by atoms with Crippen molar-refractivity contribution in [1.29, 1.82) is 0 Å². The van der Waals surface area contributed by atoms with Crippen molar-refractivity contribution in [2.24, 2.45) is 0 Å². The van der Waals surface area contributed by atoms with Gasteiger partial charge >= 0.3 is 10.8 Å². The zero-order chi connectivity index (χ0) is 11.3.